The van der Waals surface area contributed by atoms with Crippen molar-refractivity contribution in [1.29, 1.82) is 0 Å². The van der Waals surface area contributed by atoms with E-state index in [1.54, 1.807) is 37.3 Å². The minimum Gasteiger partial charge on any atom is -0.507 e. The first-order valence-electron chi connectivity index (χ1n) is 9.59. The lowest BCUT2D eigenvalue weighted by Crippen LogP contribution is -2.23. The highest BCUT2D eigenvalue weighted by atomic mass is 32.1. The van der Waals surface area contributed by atoms with E-state index in [0.717, 1.165) is 17.0 Å². The molecule has 0 radical (unpaired) electrons. The van der Waals surface area contributed by atoms with Crippen molar-refractivity contribution in [3.63, 3.8) is 0 Å². The largest absolute Gasteiger partial charge is 0.507 e. The topological polar surface area (TPSA) is 138 Å². The number of hydrogen-bond acceptors (Lipinski definition) is 8. The number of carboxylic acids is 1. The Labute approximate surface area is 190 Å². The van der Waals surface area contributed by atoms with Crippen LogP contribution in [-0.2, 0) is 6.54 Å². The van der Waals surface area contributed by atoms with Crippen molar-refractivity contribution in [2.75, 3.05) is 0 Å². The molecule has 0 saturated carbocycles. The predicted molar refractivity (Wildman–Crippen MR) is 117 cm³/mol. The van der Waals surface area contributed by atoms with Gasteiger partial charge in [-0.15, -0.1) is 16.4 Å². The molecule has 3 N–H and O–H groups in total. The maximum absolute atomic E-state index is 14.5. The molecule has 3 heterocycles. The molecular formula is C22H16FN5O4S. The van der Waals surface area contributed by atoms with Gasteiger partial charge in [0.2, 0.25) is 0 Å². The van der Waals surface area contributed by atoms with E-state index in [-0.39, 0.29) is 29.4 Å². The first-order chi connectivity index (χ1) is 15.8. The molecule has 4 aromatic rings. The van der Waals surface area contributed by atoms with Crippen LogP contribution in [0.4, 0.5) is 4.39 Å². The van der Waals surface area contributed by atoms with Crippen LogP contribution < -0.4 is 5.32 Å². The number of carbonyl (C=O) groups is 2. The molecule has 0 saturated heterocycles. The fourth-order valence-electron chi connectivity index (χ4n) is 3.08. The van der Waals surface area contributed by atoms with Gasteiger partial charge in [-0.25, -0.2) is 19.2 Å². The lowest BCUT2D eigenvalue weighted by molar-refractivity contribution is 0.0693. The average Bonchev–Trinajstić information content (AvgIpc) is 3.19. The zero-order valence-corrected chi connectivity index (χ0v) is 17.9. The lowest BCUT2D eigenvalue weighted by Gasteiger charge is -2.08. The number of nitrogens with zero attached hydrogens (tertiary/aromatic N) is 4. The molecule has 3 aromatic heterocycles. The first kappa shape index (κ1) is 22.0. The standard InChI is InChI=1S/C22H16FN5O4S/c1-11-20(33-19(26-11)10-24-21(30)17-6-3-7-25-28-17)16-5-2-4-15(27-16)12-9-18(29)13(22(31)32)8-14(12)23/h2-9,29H,10H2,1H3,(H,24,30)(H,31,32). The fraction of sp³-hybridized carbons (Fsp3) is 0.0909. The number of carbonyl (C=O) groups excluding carboxylic acids is 1. The van der Waals surface area contributed by atoms with Gasteiger partial charge in [0, 0.05) is 11.8 Å². The Bertz CT molecular complexity index is 1360. The first-order valence-corrected chi connectivity index (χ1v) is 10.4. The summed E-state index contributed by atoms with van der Waals surface area (Å²) in [6.45, 7) is 1.97. The molecule has 0 aliphatic rings. The van der Waals surface area contributed by atoms with E-state index in [2.05, 4.69) is 25.5 Å². The third kappa shape index (κ3) is 4.67. The van der Waals surface area contributed by atoms with E-state index in [0.29, 0.717) is 16.4 Å². The maximum atomic E-state index is 14.5. The van der Waals surface area contributed by atoms with E-state index < -0.39 is 23.1 Å². The fourth-order valence-corrected chi connectivity index (χ4v) is 4.05. The third-order valence-corrected chi connectivity index (χ3v) is 5.80. The van der Waals surface area contributed by atoms with Crippen LogP contribution in [0.2, 0.25) is 0 Å². The molecule has 11 heteroatoms. The third-order valence-electron chi connectivity index (χ3n) is 4.62. The number of nitrogens with one attached hydrogen (secondary N) is 1. The molecule has 33 heavy (non-hydrogen) atoms. The summed E-state index contributed by atoms with van der Waals surface area (Å²) in [5.74, 6) is -3.18. The minimum atomic E-state index is -1.43. The van der Waals surface area contributed by atoms with Crippen molar-refractivity contribution >= 4 is 23.2 Å². The number of halogens is 1. The number of carboxylic acid groups (broad SMARTS) is 1. The molecule has 1 amide bonds. The van der Waals surface area contributed by atoms with Gasteiger partial charge in [-0.3, -0.25) is 4.79 Å². The number of aromatic hydroxyl groups is 1. The van der Waals surface area contributed by atoms with Gasteiger partial charge in [-0.05, 0) is 43.3 Å². The second-order valence-corrected chi connectivity index (χ2v) is 7.96. The van der Waals surface area contributed by atoms with Crippen LogP contribution in [0.1, 0.15) is 31.5 Å². The van der Waals surface area contributed by atoms with Gasteiger partial charge >= 0.3 is 5.97 Å². The monoisotopic (exact) mass is 465 g/mol. The Morgan fingerprint density at radius 3 is 2.64 bits per heavy atom. The number of rotatable bonds is 6. The Kier molecular flexibility index (Phi) is 6.05. The molecule has 0 fully saturated rings. The predicted octanol–water partition coefficient (Wildman–Crippen LogP) is 3.44. The van der Waals surface area contributed by atoms with Gasteiger partial charge < -0.3 is 15.5 Å². The number of benzene rings is 1. The molecule has 0 bridgehead atoms. The normalized spacial score (nSPS) is 10.7. The van der Waals surface area contributed by atoms with Crippen LogP contribution in [0.3, 0.4) is 0 Å². The van der Waals surface area contributed by atoms with E-state index in [4.69, 9.17) is 5.11 Å². The Hall–Kier alpha value is -4.25. The highest BCUT2D eigenvalue weighted by Gasteiger charge is 2.18. The summed E-state index contributed by atoms with van der Waals surface area (Å²) in [7, 11) is 0. The van der Waals surface area contributed by atoms with Crippen molar-refractivity contribution in [1.82, 2.24) is 25.5 Å². The number of aromatic nitrogens is 4. The van der Waals surface area contributed by atoms with Crippen LogP contribution in [0.25, 0.3) is 21.8 Å². The van der Waals surface area contributed by atoms with Crippen LogP contribution in [0.15, 0.2) is 48.7 Å². The Morgan fingerprint density at radius 1 is 1.12 bits per heavy atom. The van der Waals surface area contributed by atoms with E-state index in [1.807, 2.05) is 0 Å². The van der Waals surface area contributed by atoms with E-state index in [9.17, 15) is 19.1 Å². The second kappa shape index (κ2) is 9.09. The Morgan fingerprint density at radius 2 is 1.91 bits per heavy atom. The molecule has 0 aliphatic carbocycles. The van der Waals surface area contributed by atoms with Crippen molar-refractivity contribution in [3.05, 3.63) is 76.4 Å². The Balaban J connectivity index is 1.58. The van der Waals surface area contributed by atoms with Crippen molar-refractivity contribution in [3.8, 4) is 27.6 Å². The van der Waals surface area contributed by atoms with Crippen molar-refractivity contribution < 1.29 is 24.2 Å². The number of thiazole rings is 1. The van der Waals surface area contributed by atoms with Crippen LogP contribution in [0, 0.1) is 12.7 Å². The quantitative estimate of drug-likeness (QED) is 0.394. The summed E-state index contributed by atoms with van der Waals surface area (Å²) in [4.78, 5) is 32.9. The average molecular weight is 465 g/mol. The number of hydrogen-bond donors (Lipinski definition) is 3. The summed E-state index contributed by atoms with van der Waals surface area (Å²) < 4.78 is 14.5. The van der Waals surface area contributed by atoms with Gasteiger partial charge in [-0.2, -0.15) is 5.10 Å². The molecule has 1 aromatic carbocycles. The SMILES string of the molecule is Cc1nc(CNC(=O)c2cccnn2)sc1-c1cccc(-c2cc(O)c(C(=O)O)cc2F)n1. The van der Waals surface area contributed by atoms with Crippen molar-refractivity contribution in [2.45, 2.75) is 13.5 Å². The van der Waals surface area contributed by atoms with Crippen LogP contribution in [0.5, 0.6) is 5.75 Å². The maximum Gasteiger partial charge on any atom is 0.339 e. The summed E-state index contributed by atoms with van der Waals surface area (Å²) in [6.07, 6.45) is 1.47. The van der Waals surface area contributed by atoms with Gasteiger partial charge in [0.15, 0.2) is 5.69 Å². The molecule has 166 valence electrons. The van der Waals surface area contributed by atoms with Crippen LogP contribution in [-0.4, -0.2) is 42.3 Å². The summed E-state index contributed by atoms with van der Waals surface area (Å²) >= 11 is 1.32. The molecule has 0 spiro atoms. The molecule has 0 aliphatic heterocycles. The summed E-state index contributed by atoms with van der Waals surface area (Å²) in [5, 5.41) is 29.8. The van der Waals surface area contributed by atoms with Gasteiger partial charge in [0.05, 0.1) is 28.5 Å². The van der Waals surface area contributed by atoms with Crippen molar-refractivity contribution in [2.24, 2.45) is 0 Å². The van der Waals surface area contributed by atoms with E-state index >= 15 is 0 Å². The lowest BCUT2D eigenvalue weighted by atomic mass is 10.1. The zero-order chi connectivity index (χ0) is 23.5. The van der Waals surface area contributed by atoms with Crippen LogP contribution >= 0.6 is 11.3 Å². The van der Waals surface area contributed by atoms with Gasteiger partial charge in [0.25, 0.3) is 5.91 Å². The summed E-state index contributed by atoms with van der Waals surface area (Å²) in [5.41, 5.74) is 1.06. The molecule has 0 atom stereocenters. The molecular weight excluding hydrogens is 449 g/mol. The highest BCUT2D eigenvalue weighted by molar-refractivity contribution is 7.15. The number of aryl methyl sites for hydroxylation is 1. The van der Waals surface area contributed by atoms with Gasteiger partial charge in [-0.1, -0.05) is 6.07 Å². The van der Waals surface area contributed by atoms with E-state index in [1.165, 1.54) is 17.5 Å². The number of amides is 1. The smallest absolute Gasteiger partial charge is 0.339 e. The molecule has 0 unspecified atom stereocenters. The number of phenols is 1. The number of aromatic carboxylic acids is 1. The number of pyridine rings is 1. The molecule has 4 rings (SSSR count). The minimum absolute atomic E-state index is 0.0297. The molecule has 9 nitrogen and oxygen atoms in total. The zero-order valence-electron chi connectivity index (χ0n) is 17.1. The summed E-state index contributed by atoms with van der Waals surface area (Å²) in [6, 6.07) is 9.93. The van der Waals surface area contributed by atoms with Gasteiger partial charge in [0.1, 0.15) is 22.1 Å². The second-order valence-electron chi connectivity index (χ2n) is 6.88. The highest BCUT2D eigenvalue weighted by Crippen LogP contribution is 2.33.